The third-order valence-corrected chi connectivity index (χ3v) is 3.99. The minimum absolute atomic E-state index is 0.184. The van der Waals surface area contributed by atoms with E-state index in [0.29, 0.717) is 13.0 Å². The molecule has 1 aromatic rings. The van der Waals surface area contributed by atoms with E-state index in [4.69, 9.17) is 8.92 Å². The predicted octanol–water partition coefficient (Wildman–Crippen LogP) is 1.30. The number of likely N-dealkylation sites (tertiary alicyclic amines) is 1. The van der Waals surface area contributed by atoms with Gasteiger partial charge in [-0.05, 0) is 12.0 Å². The second kappa shape index (κ2) is 7.08. The van der Waals surface area contributed by atoms with Crippen molar-refractivity contribution in [2.45, 2.75) is 25.2 Å². The molecule has 0 bridgehead atoms. The van der Waals surface area contributed by atoms with Gasteiger partial charge in [-0.2, -0.15) is 8.42 Å². The summed E-state index contributed by atoms with van der Waals surface area (Å²) in [7, 11) is -3.59. The van der Waals surface area contributed by atoms with Crippen molar-refractivity contribution in [3.63, 3.8) is 0 Å². The predicted molar refractivity (Wildman–Crippen MR) is 79.0 cm³/mol. The lowest BCUT2D eigenvalue weighted by Crippen LogP contribution is -2.38. The molecule has 2 unspecified atom stereocenters. The van der Waals surface area contributed by atoms with Crippen LogP contribution in [0.1, 0.15) is 12.0 Å². The van der Waals surface area contributed by atoms with Crippen molar-refractivity contribution in [2.75, 3.05) is 19.4 Å². The number of carbonyl (C=O) groups is 1. The van der Waals surface area contributed by atoms with Crippen molar-refractivity contribution in [3.8, 4) is 0 Å². The molecule has 1 aromatic carbocycles. The number of carboxylic acid groups (broad SMARTS) is 1. The zero-order chi connectivity index (χ0) is 16.2. The summed E-state index contributed by atoms with van der Waals surface area (Å²) in [5.41, 5.74) is 1.00. The second-order valence-corrected chi connectivity index (χ2v) is 6.88. The topological polar surface area (TPSA) is 93.1 Å². The molecule has 0 aromatic heterocycles. The van der Waals surface area contributed by atoms with E-state index in [1.54, 1.807) is 0 Å². The van der Waals surface area contributed by atoms with Gasteiger partial charge in [0.1, 0.15) is 0 Å². The molecule has 2 atom stereocenters. The number of hydrogen-bond donors (Lipinski definition) is 1. The van der Waals surface area contributed by atoms with E-state index in [-0.39, 0.29) is 19.3 Å². The van der Waals surface area contributed by atoms with E-state index >= 15 is 0 Å². The van der Waals surface area contributed by atoms with E-state index in [1.807, 2.05) is 30.3 Å². The van der Waals surface area contributed by atoms with Gasteiger partial charge in [0.15, 0.2) is 0 Å². The van der Waals surface area contributed by atoms with Gasteiger partial charge in [-0.25, -0.2) is 4.79 Å². The largest absolute Gasteiger partial charge is 0.465 e. The number of rotatable bonds is 6. The normalized spacial score (nSPS) is 22.0. The van der Waals surface area contributed by atoms with Gasteiger partial charge < -0.3 is 14.7 Å². The quantitative estimate of drug-likeness (QED) is 0.791. The van der Waals surface area contributed by atoms with Crippen molar-refractivity contribution >= 4 is 16.2 Å². The molecule has 7 nitrogen and oxygen atoms in total. The summed E-state index contributed by atoms with van der Waals surface area (Å²) in [6, 6.07) is 9.04. The van der Waals surface area contributed by atoms with Crippen molar-refractivity contribution in [1.29, 1.82) is 0 Å². The maximum absolute atomic E-state index is 11.2. The molecule has 0 aliphatic carbocycles. The Kier molecular flexibility index (Phi) is 5.38. The zero-order valence-electron chi connectivity index (χ0n) is 12.2. The van der Waals surface area contributed by atoms with E-state index in [2.05, 4.69) is 0 Å². The van der Waals surface area contributed by atoms with Gasteiger partial charge in [0.05, 0.1) is 38.2 Å². The standard InChI is InChI=1S/C14H19NO6S/c1-22(18,19)21-10-12-7-13(8-15(12)14(16)17)20-9-11-5-3-2-4-6-11/h2-6,12-13H,7-10H2,1H3,(H,16,17). The first-order valence-corrected chi connectivity index (χ1v) is 8.66. The summed E-state index contributed by atoms with van der Waals surface area (Å²) in [5, 5.41) is 9.18. The number of ether oxygens (including phenoxy) is 1. The lowest BCUT2D eigenvalue weighted by molar-refractivity contribution is 0.0465. The molecule has 22 heavy (non-hydrogen) atoms. The summed E-state index contributed by atoms with van der Waals surface area (Å²) < 4.78 is 32.5. The van der Waals surface area contributed by atoms with Crippen LogP contribution >= 0.6 is 0 Å². The third kappa shape index (κ3) is 4.97. The Morgan fingerprint density at radius 3 is 2.64 bits per heavy atom. The van der Waals surface area contributed by atoms with Crippen LogP contribution in [0.5, 0.6) is 0 Å². The molecule has 1 heterocycles. The van der Waals surface area contributed by atoms with Crippen LogP contribution in [-0.4, -0.2) is 56.1 Å². The second-order valence-electron chi connectivity index (χ2n) is 5.23. The molecular weight excluding hydrogens is 310 g/mol. The highest BCUT2D eigenvalue weighted by atomic mass is 32.2. The Labute approximate surface area is 129 Å². The van der Waals surface area contributed by atoms with Crippen LogP contribution in [-0.2, 0) is 25.6 Å². The first-order valence-electron chi connectivity index (χ1n) is 6.84. The molecule has 1 N–H and O–H groups in total. The molecule has 1 saturated heterocycles. The lowest BCUT2D eigenvalue weighted by Gasteiger charge is -2.20. The molecule has 0 spiro atoms. The summed E-state index contributed by atoms with van der Waals surface area (Å²) in [4.78, 5) is 12.4. The van der Waals surface area contributed by atoms with E-state index in [1.165, 1.54) is 4.90 Å². The molecule has 122 valence electrons. The number of benzene rings is 1. The van der Waals surface area contributed by atoms with Crippen LogP contribution in [0.15, 0.2) is 30.3 Å². The van der Waals surface area contributed by atoms with Gasteiger partial charge in [0.25, 0.3) is 10.1 Å². The Balaban J connectivity index is 1.90. The molecule has 1 aliphatic rings. The molecule has 2 rings (SSSR count). The first kappa shape index (κ1) is 16.7. The Bertz CT molecular complexity index is 603. The molecule has 1 fully saturated rings. The van der Waals surface area contributed by atoms with E-state index < -0.39 is 22.3 Å². The fourth-order valence-electron chi connectivity index (χ4n) is 2.38. The minimum Gasteiger partial charge on any atom is -0.465 e. The highest BCUT2D eigenvalue weighted by Crippen LogP contribution is 2.22. The Morgan fingerprint density at radius 2 is 2.05 bits per heavy atom. The van der Waals surface area contributed by atoms with Gasteiger partial charge in [-0.3, -0.25) is 4.18 Å². The highest BCUT2D eigenvalue weighted by molar-refractivity contribution is 7.85. The highest BCUT2D eigenvalue weighted by Gasteiger charge is 2.36. The molecule has 1 aliphatic heterocycles. The van der Waals surface area contributed by atoms with Gasteiger partial charge in [-0.1, -0.05) is 30.3 Å². The van der Waals surface area contributed by atoms with Crippen LogP contribution in [0, 0.1) is 0 Å². The average Bonchev–Trinajstić information content (AvgIpc) is 2.87. The third-order valence-electron chi connectivity index (χ3n) is 3.42. The monoisotopic (exact) mass is 329 g/mol. The number of hydrogen-bond acceptors (Lipinski definition) is 5. The first-order chi connectivity index (χ1) is 10.3. The summed E-state index contributed by atoms with van der Waals surface area (Å²) in [6.07, 6.45) is -0.0251. The maximum Gasteiger partial charge on any atom is 0.407 e. The van der Waals surface area contributed by atoms with E-state index in [9.17, 15) is 18.3 Å². The van der Waals surface area contributed by atoms with Gasteiger partial charge in [0.2, 0.25) is 0 Å². The molecule has 0 radical (unpaired) electrons. The van der Waals surface area contributed by atoms with Gasteiger partial charge >= 0.3 is 6.09 Å². The lowest BCUT2D eigenvalue weighted by atomic mass is 10.2. The summed E-state index contributed by atoms with van der Waals surface area (Å²) in [6.45, 7) is 0.412. The summed E-state index contributed by atoms with van der Waals surface area (Å²) in [5.74, 6) is 0. The van der Waals surface area contributed by atoms with Crippen molar-refractivity contribution in [3.05, 3.63) is 35.9 Å². The number of amides is 1. The van der Waals surface area contributed by atoms with Crippen molar-refractivity contribution < 1.29 is 27.2 Å². The van der Waals surface area contributed by atoms with Crippen LogP contribution in [0.3, 0.4) is 0 Å². The molecule has 0 saturated carbocycles. The average molecular weight is 329 g/mol. The van der Waals surface area contributed by atoms with Crippen molar-refractivity contribution in [1.82, 2.24) is 4.90 Å². The van der Waals surface area contributed by atoms with Crippen LogP contribution in [0.2, 0.25) is 0 Å². The van der Waals surface area contributed by atoms with Gasteiger partial charge in [0, 0.05) is 0 Å². The van der Waals surface area contributed by atoms with Crippen LogP contribution in [0.25, 0.3) is 0 Å². The molecular formula is C14H19NO6S. The zero-order valence-corrected chi connectivity index (χ0v) is 13.0. The van der Waals surface area contributed by atoms with E-state index in [0.717, 1.165) is 11.8 Å². The maximum atomic E-state index is 11.2. The molecule has 1 amide bonds. The van der Waals surface area contributed by atoms with Crippen LogP contribution in [0.4, 0.5) is 4.79 Å². The number of nitrogens with zero attached hydrogens (tertiary/aromatic N) is 1. The molecule has 8 heteroatoms. The van der Waals surface area contributed by atoms with Gasteiger partial charge in [-0.15, -0.1) is 0 Å². The fraction of sp³-hybridized carbons (Fsp3) is 0.500. The van der Waals surface area contributed by atoms with Crippen molar-refractivity contribution in [2.24, 2.45) is 0 Å². The summed E-state index contributed by atoms with van der Waals surface area (Å²) >= 11 is 0. The minimum atomic E-state index is -3.59. The smallest absolute Gasteiger partial charge is 0.407 e. The Hall–Kier alpha value is -1.64. The SMILES string of the molecule is CS(=O)(=O)OCC1CC(OCc2ccccc2)CN1C(=O)O. The fourth-order valence-corrected chi connectivity index (χ4v) is 2.78. The Morgan fingerprint density at radius 1 is 1.36 bits per heavy atom. The van der Waals surface area contributed by atoms with Crippen LogP contribution < -0.4 is 0 Å².